The van der Waals surface area contributed by atoms with Crippen LogP contribution < -0.4 is 10.6 Å². The Hall–Kier alpha value is -1.23. The van der Waals surface area contributed by atoms with E-state index in [9.17, 15) is 8.78 Å². The van der Waals surface area contributed by atoms with Crippen molar-refractivity contribution in [2.24, 2.45) is 5.73 Å². The maximum Gasteiger partial charge on any atom is 0.252 e. The van der Waals surface area contributed by atoms with Gasteiger partial charge in [0, 0.05) is 38.7 Å². The summed E-state index contributed by atoms with van der Waals surface area (Å²) < 4.78 is 25.4. The highest BCUT2D eigenvalue weighted by Gasteiger charge is 2.47. The van der Waals surface area contributed by atoms with Gasteiger partial charge in [0.05, 0.1) is 0 Å². The summed E-state index contributed by atoms with van der Waals surface area (Å²) >= 11 is 0. The minimum atomic E-state index is -2.49. The lowest BCUT2D eigenvalue weighted by molar-refractivity contribution is -0.0850. The molecule has 0 saturated heterocycles. The van der Waals surface area contributed by atoms with E-state index in [4.69, 9.17) is 5.73 Å². The fourth-order valence-electron chi connectivity index (χ4n) is 1.84. The van der Waals surface area contributed by atoms with Crippen molar-refractivity contribution in [1.29, 1.82) is 0 Å². The Balaban J connectivity index is 2.01. The van der Waals surface area contributed by atoms with Gasteiger partial charge in [-0.2, -0.15) is 0 Å². The molecule has 1 aromatic rings. The maximum absolute atomic E-state index is 12.7. The molecule has 2 rings (SSSR count). The monoisotopic (exact) mass is 227 g/mol. The molecule has 1 aliphatic carbocycles. The molecule has 0 atom stereocenters. The highest BCUT2D eigenvalue weighted by molar-refractivity contribution is 5.40. The average Bonchev–Trinajstić information content (AvgIpc) is 2.25. The second-order valence-electron chi connectivity index (χ2n) is 4.26. The SMILES string of the molecule is CN(c1ccc(CN)cn1)C1CC(F)(F)C1. The molecule has 5 heteroatoms. The van der Waals surface area contributed by atoms with Gasteiger partial charge in [0.25, 0.3) is 5.92 Å². The van der Waals surface area contributed by atoms with Crippen LogP contribution in [0.2, 0.25) is 0 Å². The maximum atomic E-state index is 12.7. The Morgan fingerprint density at radius 1 is 1.50 bits per heavy atom. The standard InChI is InChI=1S/C11H15F2N3/c1-16(9-4-11(12,13)5-9)10-3-2-8(6-14)7-15-10/h2-3,7,9H,4-6,14H2,1H3. The lowest BCUT2D eigenvalue weighted by Crippen LogP contribution is -2.49. The fraction of sp³-hybridized carbons (Fsp3) is 0.545. The summed E-state index contributed by atoms with van der Waals surface area (Å²) in [4.78, 5) is 6.00. The van der Waals surface area contributed by atoms with E-state index in [0.29, 0.717) is 6.54 Å². The third kappa shape index (κ3) is 2.14. The first-order chi connectivity index (χ1) is 7.52. The number of alkyl halides is 2. The highest BCUT2D eigenvalue weighted by atomic mass is 19.3. The smallest absolute Gasteiger partial charge is 0.252 e. The van der Waals surface area contributed by atoms with E-state index >= 15 is 0 Å². The fourth-order valence-corrected chi connectivity index (χ4v) is 1.84. The minimum Gasteiger partial charge on any atom is -0.356 e. The Morgan fingerprint density at radius 3 is 2.62 bits per heavy atom. The molecule has 0 radical (unpaired) electrons. The van der Waals surface area contributed by atoms with Gasteiger partial charge >= 0.3 is 0 Å². The molecule has 1 aliphatic rings. The van der Waals surface area contributed by atoms with Crippen molar-refractivity contribution in [3.63, 3.8) is 0 Å². The van der Waals surface area contributed by atoms with Crippen molar-refractivity contribution in [2.75, 3.05) is 11.9 Å². The van der Waals surface area contributed by atoms with Crippen LogP contribution in [-0.4, -0.2) is 24.0 Å². The number of nitrogens with zero attached hydrogens (tertiary/aromatic N) is 2. The number of nitrogens with two attached hydrogens (primary N) is 1. The van der Waals surface area contributed by atoms with Crippen LogP contribution in [0.25, 0.3) is 0 Å². The summed E-state index contributed by atoms with van der Waals surface area (Å²) in [6.45, 7) is 0.443. The number of rotatable bonds is 3. The van der Waals surface area contributed by atoms with Gasteiger partial charge < -0.3 is 10.6 Å². The quantitative estimate of drug-likeness (QED) is 0.855. The normalized spacial score (nSPS) is 19.2. The number of pyridine rings is 1. The molecule has 1 aromatic heterocycles. The Morgan fingerprint density at radius 2 is 2.19 bits per heavy atom. The lowest BCUT2D eigenvalue weighted by Gasteiger charge is -2.41. The zero-order valence-electron chi connectivity index (χ0n) is 9.16. The van der Waals surface area contributed by atoms with Gasteiger partial charge in [-0.05, 0) is 11.6 Å². The molecule has 1 fully saturated rings. The average molecular weight is 227 g/mol. The number of halogens is 2. The number of hydrogen-bond acceptors (Lipinski definition) is 3. The summed E-state index contributed by atoms with van der Waals surface area (Å²) in [5, 5.41) is 0. The first-order valence-corrected chi connectivity index (χ1v) is 5.27. The van der Waals surface area contributed by atoms with Crippen LogP contribution in [0.1, 0.15) is 18.4 Å². The van der Waals surface area contributed by atoms with Gasteiger partial charge in [-0.3, -0.25) is 0 Å². The second-order valence-corrected chi connectivity index (χ2v) is 4.26. The van der Waals surface area contributed by atoms with Crippen LogP contribution in [0.3, 0.4) is 0 Å². The molecule has 16 heavy (non-hydrogen) atoms. The largest absolute Gasteiger partial charge is 0.356 e. The molecule has 1 heterocycles. The van der Waals surface area contributed by atoms with Crippen LogP contribution in [-0.2, 0) is 6.54 Å². The minimum absolute atomic E-state index is 0.0795. The summed E-state index contributed by atoms with van der Waals surface area (Å²) in [7, 11) is 1.80. The topological polar surface area (TPSA) is 42.1 Å². The van der Waals surface area contributed by atoms with Crippen molar-refractivity contribution in [2.45, 2.75) is 31.4 Å². The van der Waals surface area contributed by atoms with Gasteiger partial charge in [-0.1, -0.05) is 6.07 Å². The highest BCUT2D eigenvalue weighted by Crippen LogP contribution is 2.40. The Kier molecular flexibility index (Phi) is 2.80. The van der Waals surface area contributed by atoms with Crippen LogP contribution in [0.5, 0.6) is 0 Å². The lowest BCUT2D eigenvalue weighted by atomic mass is 9.87. The van der Waals surface area contributed by atoms with E-state index in [0.717, 1.165) is 11.4 Å². The molecule has 2 N–H and O–H groups in total. The van der Waals surface area contributed by atoms with Crippen LogP contribution in [0.4, 0.5) is 14.6 Å². The van der Waals surface area contributed by atoms with E-state index in [-0.39, 0.29) is 18.9 Å². The van der Waals surface area contributed by atoms with E-state index < -0.39 is 5.92 Å². The van der Waals surface area contributed by atoms with E-state index in [1.807, 2.05) is 12.1 Å². The Labute approximate surface area is 93.3 Å². The Bertz CT molecular complexity index is 356. The third-order valence-electron chi connectivity index (χ3n) is 3.02. The predicted octanol–water partition coefficient (Wildman–Crippen LogP) is 1.77. The van der Waals surface area contributed by atoms with Crippen LogP contribution in [0.15, 0.2) is 18.3 Å². The third-order valence-corrected chi connectivity index (χ3v) is 3.02. The first-order valence-electron chi connectivity index (χ1n) is 5.27. The van der Waals surface area contributed by atoms with Crippen molar-refractivity contribution in [3.05, 3.63) is 23.9 Å². The van der Waals surface area contributed by atoms with E-state index in [1.165, 1.54) is 0 Å². The van der Waals surface area contributed by atoms with Gasteiger partial charge in [0.15, 0.2) is 0 Å². The molecule has 3 nitrogen and oxygen atoms in total. The molecule has 88 valence electrons. The molecule has 0 spiro atoms. The molecule has 0 unspecified atom stereocenters. The molecule has 0 amide bonds. The van der Waals surface area contributed by atoms with Crippen molar-refractivity contribution < 1.29 is 8.78 Å². The zero-order valence-corrected chi connectivity index (χ0v) is 9.16. The van der Waals surface area contributed by atoms with Crippen molar-refractivity contribution in [3.8, 4) is 0 Å². The van der Waals surface area contributed by atoms with Gasteiger partial charge in [-0.15, -0.1) is 0 Å². The van der Waals surface area contributed by atoms with Crippen LogP contribution >= 0.6 is 0 Å². The van der Waals surface area contributed by atoms with Crippen molar-refractivity contribution in [1.82, 2.24) is 4.98 Å². The first kappa shape index (κ1) is 11.3. The van der Waals surface area contributed by atoms with Gasteiger partial charge in [0.1, 0.15) is 5.82 Å². The van der Waals surface area contributed by atoms with E-state index in [1.54, 1.807) is 18.1 Å². The summed E-state index contributed by atoms with van der Waals surface area (Å²) in [5.74, 6) is -1.77. The van der Waals surface area contributed by atoms with Crippen LogP contribution in [0, 0.1) is 0 Å². The molecular formula is C11H15F2N3. The predicted molar refractivity (Wildman–Crippen MR) is 58.5 cm³/mol. The van der Waals surface area contributed by atoms with Crippen molar-refractivity contribution >= 4 is 5.82 Å². The summed E-state index contributed by atoms with van der Waals surface area (Å²) in [6.07, 6.45) is 1.52. The molecular weight excluding hydrogens is 212 g/mol. The van der Waals surface area contributed by atoms with Gasteiger partial charge in [-0.25, -0.2) is 13.8 Å². The zero-order chi connectivity index (χ0) is 11.8. The number of aromatic nitrogens is 1. The second kappa shape index (κ2) is 3.97. The number of hydrogen-bond donors (Lipinski definition) is 1. The molecule has 1 saturated carbocycles. The summed E-state index contributed by atoms with van der Waals surface area (Å²) in [5.41, 5.74) is 6.40. The molecule has 0 aromatic carbocycles. The molecule has 0 aliphatic heterocycles. The van der Waals surface area contributed by atoms with E-state index in [2.05, 4.69) is 4.98 Å². The summed E-state index contributed by atoms with van der Waals surface area (Å²) in [6, 6.07) is 3.58. The molecule has 0 bridgehead atoms. The van der Waals surface area contributed by atoms with Gasteiger partial charge in [0.2, 0.25) is 0 Å². The number of anilines is 1.